The summed E-state index contributed by atoms with van der Waals surface area (Å²) in [5, 5.41) is 0. The first-order chi connectivity index (χ1) is 7.29. The third kappa shape index (κ3) is 3.69. The van der Waals surface area contributed by atoms with Crippen LogP contribution >= 0.6 is 0 Å². The number of benzene rings is 1. The Kier molecular flexibility index (Phi) is 3.74. The van der Waals surface area contributed by atoms with E-state index >= 15 is 0 Å². The SMILES string of the molecule is C[C@@H](N)c1ccc(F)cc1OCC(F)(F)F. The van der Waals surface area contributed by atoms with E-state index in [1.54, 1.807) is 6.92 Å². The second kappa shape index (κ2) is 4.69. The normalized spacial score (nSPS) is 13.6. The molecule has 16 heavy (non-hydrogen) atoms. The van der Waals surface area contributed by atoms with E-state index in [1.807, 2.05) is 0 Å². The Hall–Kier alpha value is -1.30. The number of nitrogens with two attached hydrogens (primary N) is 1. The van der Waals surface area contributed by atoms with Crippen LogP contribution in [-0.4, -0.2) is 12.8 Å². The van der Waals surface area contributed by atoms with Gasteiger partial charge in [-0.15, -0.1) is 0 Å². The van der Waals surface area contributed by atoms with Crippen molar-refractivity contribution in [3.05, 3.63) is 29.6 Å². The fraction of sp³-hybridized carbons (Fsp3) is 0.400. The molecular weight excluding hydrogens is 226 g/mol. The van der Waals surface area contributed by atoms with Gasteiger partial charge in [-0.05, 0) is 13.0 Å². The van der Waals surface area contributed by atoms with Crippen molar-refractivity contribution in [2.45, 2.75) is 19.1 Å². The number of alkyl halides is 3. The van der Waals surface area contributed by atoms with E-state index < -0.39 is 24.6 Å². The average Bonchev–Trinajstić information content (AvgIpc) is 2.13. The van der Waals surface area contributed by atoms with Gasteiger partial charge in [0.2, 0.25) is 0 Å². The molecule has 0 heterocycles. The Labute approximate surface area is 90.0 Å². The zero-order valence-corrected chi connectivity index (χ0v) is 8.51. The number of ether oxygens (including phenoxy) is 1. The first-order valence-corrected chi connectivity index (χ1v) is 4.54. The first-order valence-electron chi connectivity index (χ1n) is 4.54. The van der Waals surface area contributed by atoms with Crippen LogP contribution in [0.4, 0.5) is 17.6 Å². The Balaban J connectivity index is 2.88. The predicted octanol–water partition coefficient (Wildman–Crippen LogP) is 2.79. The Bertz CT molecular complexity index is 362. The molecule has 0 radical (unpaired) electrons. The van der Waals surface area contributed by atoms with E-state index in [4.69, 9.17) is 5.73 Å². The maximum Gasteiger partial charge on any atom is 0.422 e. The molecule has 0 saturated heterocycles. The molecule has 90 valence electrons. The highest BCUT2D eigenvalue weighted by Crippen LogP contribution is 2.26. The number of halogens is 4. The third-order valence-electron chi connectivity index (χ3n) is 1.86. The van der Waals surface area contributed by atoms with Crippen molar-refractivity contribution in [2.75, 3.05) is 6.61 Å². The summed E-state index contributed by atoms with van der Waals surface area (Å²) < 4.78 is 53.1. The molecule has 0 unspecified atom stereocenters. The average molecular weight is 237 g/mol. The fourth-order valence-corrected chi connectivity index (χ4v) is 1.17. The summed E-state index contributed by atoms with van der Waals surface area (Å²) in [6.45, 7) is 0.115. The Morgan fingerprint density at radius 3 is 2.50 bits per heavy atom. The molecular formula is C10H11F4NO. The van der Waals surface area contributed by atoms with Gasteiger partial charge in [-0.3, -0.25) is 0 Å². The van der Waals surface area contributed by atoms with E-state index in [9.17, 15) is 17.6 Å². The maximum atomic E-state index is 12.8. The van der Waals surface area contributed by atoms with Crippen LogP contribution in [0.25, 0.3) is 0 Å². The molecule has 0 bridgehead atoms. The number of hydrogen-bond donors (Lipinski definition) is 1. The van der Waals surface area contributed by atoms with Crippen LogP contribution in [0.3, 0.4) is 0 Å². The van der Waals surface area contributed by atoms with Crippen molar-refractivity contribution < 1.29 is 22.3 Å². The summed E-state index contributed by atoms with van der Waals surface area (Å²) in [5.41, 5.74) is 5.86. The van der Waals surface area contributed by atoms with Gasteiger partial charge in [-0.2, -0.15) is 13.2 Å². The topological polar surface area (TPSA) is 35.2 Å². The largest absolute Gasteiger partial charge is 0.484 e. The molecule has 0 aromatic heterocycles. The van der Waals surface area contributed by atoms with Gasteiger partial charge < -0.3 is 10.5 Å². The second-order valence-corrected chi connectivity index (χ2v) is 3.37. The molecule has 2 nitrogen and oxygen atoms in total. The third-order valence-corrected chi connectivity index (χ3v) is 1.86. The maximum absolute atomic E-state index is 12.8. The summed E-state index contributed by atoms with van der Waals surface area (Å²) in [5.74, 6) is -0.839. The highest BCUT2D eigenvalue weighted by Gasteiger charge is 2.29. The van der Waals surface area contributed by atoms with Gasteiger partial charge in [-0.25, -0.2) is 4.39 Å². The predicted molar refractivity (Wildman–Crippen MR) is 50.6 cm³/mol. The number of rotatable bonds is 3. The summed E-state index contributed by atoms with van der Waals surface area (Å²) >= 11 is 0. The van der Waals surface area contributed by atoms with Crippen LogP contribution < -0.4 is 10.5 Å². The van der Waals surface area contributed by atoms with Crippen molar-refractivity contribution in [2.24, 2.45) is 5.73 Å². The molecule has 1 rings (SSSR count). The van der Waals surface area contributed by atoms with Gasteiger partial charge in [0.1, 0.15) is 11.6 Å². The molecule has 1 aromatic carbocycles. The van der Waals surface area contributed by atoms with Gasteiger partial charge in [-0.1, -0.05) is 6.07 Å². The van der Waals surface area contributed by atoms with Gasteiger partial charge >= 0.3 is 6.18 Å². The van der Waals surface area contributed by atoms with Crippen molar-refractivity contribution >= 4 is 0 Å². The number of hydrogen-bond acceptors (Lipinski definition) is 2. The van der Waals surface area contributed by atoms with Crippen molar-refractivity contribution in [3.63, 3.8) is 0 Å². The first kappa shape index (κ1) is 12.8. The Morgan fingerprint density at radius 2 is 2.00 bits per heavy atom. The summed E-state index contributed by atoms with van der Waals surface area (Å²) in [6.07, 6.45) is -4.46. The van der Waals surface area contributed by atoms with Crippen molar-refractivity contribution in [3.8, 4) is 5.75 Å². The van der Waals surface area contributed by atoms with Gasteiger partial charge in [0.25, 0.3) is 0 Å². The minimum Gasteiger partial charge on any atom is -0.484 e. The standard InChI is InChI=1S/C10H11F4NO/c1-6(15)8-3-2-7(11)4-9(8)16-5-10(12,13)14/h2-4,6H,5,15H2,1H3/t6-/m1/s1. The van der Waals surface area contributed by atoms with E-state index in [-0.39, 0.29) is 5.75 Å². The molecule has 0 aliphatic rings. The lowest BCUT2D eigenvalue weighted by Crippen LogP contribution is -2.20. The molecule has 0 saturated carbocycles. The van der Waals surface area contributed by atoms with Gasteiger partial charge in [0, 0.05) is 17.7 Å². The van der Waals surface area contributed by atoms with Crippen molar-refractivity contribution in [1.29, 1.82) is 0 Å². The van der Waals surface area contributed by atoms with Crippen LogP contribution in [0.2, 0.25) is 0 Å². The molecule has 1 atom stereocenters. The summed E-state index contributed by atoms with van der Waals surface area (Å²) in [6, 6.07) is 2.80. The zero-order chi connectivity index (χ0) is 12.3. The minimum atomic E-state index is -4.46. The second-order valence-electron chi connectivity index (χ2n) is 3.37. The van der Waals surface area contributed by atoms with E-state index in [0.717, 1.165) is 12.1 Å². The van der Waals surface area contributed by atoms with Crippen LogP contribution in [0.1, 0.15) is 18.5 Å². The minimum absolute atomic E-state index is 0.174. The smallest absolute Gasteiger partial charge is 0.422 e. The molecule has 0 aliphatic carbocycles. The lowest BCUT2D eigenvalue weighted by molar-refractivity contribution is -0.153. The molecule has 0 spiro atoms. The zero-order valence-electron chi connectivity index (χ0n) is 8.51. The Morgan fingerprint density at radius 1 is 1.38 bits per heavy atom. The van der Waals surface area contributed by atoms with Crippen LogP contribution in [0.5, 0.6) is 5.75 Å². The fourth-order valence-electron chi connectivity index (χ4n) is 1.17. The van der Waals surface area contributed by atoms with Gasteiger partial charge in [0.15, 0.2) is 6.61 Å². The van der Waals surface area contributed by atoms with Crippen LogP contribution in [0.15, 0.2) is 18.2 Å². The van der Waals surface area contributed by atoms with Crippen molar-refractivity contribution in [1.82, 2.24) is 0 Å². The van der Waals surface area contributed by atoms with E-state index in [2.05, 4.69) is 4.74 Å². The van der Waals surface area contributed by atoms with Crippen LogP contribution in [-0.2, 0) is 0 Å². The monoisotopic (exact) mass is 237 g/mol. The molecule has 0 amide bonds. The lowest BCUT2D eigenvalue weighted by Gasteiger charge is -2.15. The van der Waals surface area contributed by atoms with Crippen LogP contribution in [0, 0.1) is 5.82 Å². The van der Waals surface area contributed by atoms with E-state index in [1.165, 1.54) is 6.07 Å². The highest BCUT2D eigenvalue weighted by atomic mass is 19.4. The molecule has 2 N–H and O–H groups in total. The highest BCUT2D eigenvalue weighted by molar-refractivity contribution is 5.36. The summed E-state index contributed by atoms with van der Waals surface area (Å²) in [4.78, 5) is 0. The van der Waals surface area contributed by atoms with E-state index in [0.29, 0.717) is 5.56 Å². The lowest BCUT2D eigenvalue weighted by atomic mass is 10.1. The van der Waals surface area contributed by atoms with Gasteiger partial charge in [0.05, 0.1) is 0 Å². The quantitative estimate of drug-likeness (QED) is 0.820. The molecule has 1 aromatic rings. The summed E-state index contributed by atoms with van der Waals surface area (Å²) in [7, 11) is 0. The molecule has 0 fully saturated rings. The molecule has 0 aliphatic heterocycles. The molecule has 6 heteroatoms.